The molecule has 0 radical (unpaired) electrons. The van der Waals surface area contributed by atoms with Crippen LogP contribution in [-0.2, 0) is 16.1 Å². The molecule has 1 atom stereocenters. The molecule has 0 aliphatic heterocycles. The van der Waals surface area contributed by atoms with E-state index in [1.807, 2.05) is 45.0 Å². The number of carbonyl (C=O) groups is 2. The van der Waals surface area contributed by atoms with E-state index in [0.29, 0.717) is 34.3 Å². The highest BCUT2D eigenvalue weighted by molar-refractivity contribution is 6.35. The Morgan fingerprint density at radius 1 is 1.10 bits per heavy atom. The van der Waals surface area contributed by atoms with E-state index in [2.05, 4.69) is 5.32 Å². The fourth-order valence-corrected chi connectivity index (χ4v) is 3.38. The van der Waals surface area contributed by atoms with E-state index in [-0.39, 0.29) is 25.0 Å². The van der Waals surface area contributed by atoms with Gasteiger partial charge in [0.15, 0.2) is 6.61 Å². The first kappa shape index (κ1) is 23.0. The van der Waals surface area contributed by atoms with Gasteiger partial charge in [-0.2, -0.15) is 0 Å². The van der Waals surface area contributed by atoms with E-state index in [4.69, 9.17) is 27.9 Å². The van der Waals surface area contributed by atoms with Crippen LogP contribution in [-0.4, -0.2) is 35.9 Å². The number of ether oxygens (including phenoxy) is 1. The van der Waals surface area contributed by atoms with Gasteiger partial charge in [0.1, 0.15) is 11.8 Å². The van der Waals surface area contributed by atoms with Crippen molar-refractivity contribution >= 4 is 35.0 Å². The summed E-state index contributed by atoms with van der Waals surface area (Å²) in [6, 6.07) is 11.9. The van der Waals surface area contributed by atoms with Crippen molar-refractivity contribution in [2.45, 2.75) is 39.8 Å². The fraction of sp³-hybridized carbons (Fsp3) is 0.364. The molecule has 0 bridgehead atoms. The Morgan fingerprint density at radius 3 is 2.38 bits per heavy atom. The molecular weight excluding hydrogens is 411 g/mol. The summed E-state index contributed by atoms with van der Waals surface area (Å²) in [7, 11) is 0. The van der Waals surface area contributed by atoms with Gasteiger partial charge in [-0.1, -0.05) is 53.9 Å². The molecule has 0 aromatic heterocycles. The van der Waals surface area contributed by atoms with E-state index in [9.17, 15) is 9.59 Å². The molecule has 0 aliphatic carbocycles. The average molecular weight is 437 g/mol. The maximum Gasteiger partial charge on any atom is 0.261 e. The van der Waals surface area contributed by atoms with Crippen LogP contribution in [0.1, 0.15) is 31.4 Å². The monoisotopic (exact) mass is 436 g/mol. The molecule has 2 amide bonds. The van der Waals surface area contributed by atoms with E-state index < -0.39 is 6.04 Å². The Morgan fingerprint density at radius 2 is 1.79 bits per heavy atom. The number of hydrogen-bond acceptors (Lipinski definition) is 3. The minimum atomic E-state index is -0.629. The van der Waals surface area contributed by atoms with Gasteiger partial charge in [-0.05, 0) is 50.1 Å². The number of benzene rings is 2. The Hall–Kier alpha value is -2.24. The molecule has 0 fully saturated rings. The summed E-state index contributed by atoms with van der Waals surface area (Å²) in [6.45, 7) is 6.17. The minimum Gasteiger partial charge on any atom is -0.484 e. The number of hydrogen-bond donors (Lipinski definition) is 1. The van der Waals surface area contributed by atoms with E-state index in [1.54, 1.807) is 18.2 Å². The van der Waals surface area contributed by atoms with Gasteiger partial charge >= 0.3 is 0 Å². The molecular formula is C22H26Cl2N2O3. The van der Waals surface area contributed by atoms with Crippen LogP contribution in [0.4, 0.5) is 0 Å². The summed E-state index contributed by atoms with van der Waals surface area (Å²) >= 11 is 12.3. The van der Waals surface area contributed by atoms with Crippen LogP contribution in [0.5, 0.6) is 5.75 Å². The fourth-order valence-electron chi connectivity index (χ4n) is 2.91. The summed E-state index contributed by atoms with van der Waals surface area (Å²) in [6.07, 6.45) is 0.466. The van der Waals surface area contributed by atoms with Gasteiger partial charge in [-0.3, -0.25) is 9.59 Å². The lowest BCUT2D eigenvalue weighted by molar-refractivity contribution is -0.142. The van der Waals surface area contributed by atoms with Crippen LogP contribution in [0, 0.1) is 6.92 Å². The summed E-state index contributed by atoms with van der Waals surface area (Å²) in [4.78, 5) is 27.1. The summed E-state index contributed by atoms with van der Waals surface area (Å²) < 4.78 is 5.65. The first-order valence-electron chi connectivity index (χ1n) is 9.56. The molecule has 29 heavy (non-hydrogen) atoms. The van der Waals surface area contributed by atoms with Crippen molar-refractivity contribution < 1.29 is 14.3 Å². The normalized spacial score (nSPS) is 11.6. The molecule has 7 heteroatoms. The Kier molecular flexibility index (Phi) is 8.80. The average Bonchev–Trinajstić information content (AvgIpc) is 2.69. The Labute approximate surface area is 181 Å². The molecule has 0 spiro atoms. The predicted octanol–water partition coefficient (Wildman–Crippen LogP) is 4.62. The van der Waals surface area contributed by atoms with Crippen LogP contribution in [0.3, 0.4) is 0 Å². The number of aryl methyl sites for hydroxylation is 1. The van der Waals surface area contributed by atoms with Crippen LogP contribution in [0.2, 0.25) is 10.0 Å². The molecule has 0 unspecified atom stereocenters. The van der Waals surface area contributed by atoms with Crippen molar-refractivity contribution in [2.24, 2.45) is 0 Å². The Balaban J connectivity index is 2.22. The topological polar surface area (TPSA) is 58.6 Å². The van der Waals surface area contributed by atoms with Gasteiger partial charge in [0, 0.05) is 23.1 Å². The largest absolute Gasteiger partial charge is 0.484 e. The molecule has 2 aromatic carbocycles. The quantitative estimate of drug-likeness (QED) is 0.623. The van der Waals surface area contributed by atoms with Crippen molar-refractivity contribution in [2.75, 3.05) is 13.2 Å². The maximum atomic E-state index is 13.0. The van der Waals surface area contributed by atoms with Gasteiger partial charge in [-0.15, -0.1) is 0 Å². The second-order valence-electron chi connectivity index (χ2n) is 6.68. The number of halogens is 2. The van der Waals surface area contributed by atoms with E-state index in [1.165, 1.54) is 4.90 Å². The standard InChI is InChI=1S/C22H26Cl2N2O3/c1-4-20(22(28)25-5-2)26(13-16-8-9-17(23)12-19(16)24)21(27)14-29-18-10-6-15(3)7-11-18/h6-12,20H,4-5,13-14H2,1-3H3,(H,25,28)/t20-/m0/s1. The number of nitrogens with one attached hydrogen (secondary N) is 1. The highest BCUT2D eigenvalue weighted by Gasteiger charge is 2.29. The zero-order valence-corrected chi connectivity index (χ0v) is 18.4. The minimum absolute atomic E-state index is 0.176. The van der Waals surface area contributed by atoms with Crippen LogP contribution < -0.4 is 10.1 Å². The number of amides is 2. The highest BCUT2D eigenvalue weighted by Crippen LogP contribution is 2.24. The number of rotatable bonds is 9. The smallest absolute Gasteiger partial charge is 0.261 e. The molecule has 5 nitrogen and oxygen atoms in total. The highest BCUT2D eigenvalue weighted by atomic mass is 35.5. The van der Waals surface area contributed by atoms with Crippen molar-refractivity contribution in [3.63, 3.8) is 0 Å². The van der Waals surface area contributed by atoms with E-state index in [0.717, 1.165) is 5.56 Å². The molecule has 0 aliphatic rings. The second-order valence-corrected chi connectivity index (χ2v) is 7.52. The SMILES string of the molecule is CCNC(=O)[C@H](CC)N(Cc1ccc(Cl)cc1Cl)C(=O)COc1ccc(C)cc1. The van der Waals surface area contributed by atoms with Crippen molar-refractivity contribution in [3.05, 3.63) is 63.6 Å². The lowest BCUT2D eigenvalue weighted by Gasteiger charge is -2.30. The van der Waals surface area contributed by atoms with Crippen LogP contribution in [0.15, 0.2) is 42.5 Å². The van der Waals surface area contributed by atoms with Gasteiger partial charge in [0.25, 0.3) is 5.91 Å². The number of carbonyl (C=O) groups excluding carboxylic acids is 2. The maximum absolute atomic E-state index is 13.0. The van der Waals surface area contributed by atoms with Gasteiger partial charge in [0.2, 0.25) is 5.91 Å². The number of likely N-dealkylation sites (N-methyl/N-ethyl adjacent to an activating group) is 1. The van der Waals surface area contributed by atoms with Crippen molar-refractivity contribution in [3.8, 4) is 5.75 Å². The second kappa shape index (κ2) is 11.1. The van der Waals surface area contributed by atoms with Crippen molar-refractivity contribution in [1.82, 2.24) is 10.2 Å². The van der Waals surface area contributed by atoms with Gasteiger partial charge in [0.05, 0.1) is 0 Å². The third-order valence-corrected chi connectivity index (χ3v) is 5.06. The first-order chi connectivity index (χ1) is 13.8. The summed E-state index contributed by atoms with van der Waals surface area (Å²) in [5.41, 5.74) is 1.81. The predicted molar refractivity (Wildman–Crippen MR) is 116 cm³/mol. The van der Waals surface area contributed by atoms with Gasteiger partial charge in [-0.25, -0.2) is 0 Å². The van der Waals surface area contributed by atoms with Crippen LogP contribution >= 0.6 is 23.2 Å². The molecule has 1 N–H and O–H groups in total. The third-order valence-electron chi connectivity index (χ3n) is 4.48. The number of nitrogens with zero attached hydrogens (tertiary/aromatic N) is 1. The molecule has 0 heterocycles. The zero-order chi connectivity index (χ0) is 21.4. The Bertz CT molecular complexity index is 840. The first-order valence-corrected chi connectivity index (χ1v) is 10.3. The molecule has 2 aromatic rings. The third kappa shape index (κ3) is 6.65. The lowest BCUT2D eigenvalue weighted by atomic mass is 10.1. The summed E-state index contributed by atoms with van der Waals surface area (Å²) in [5, 5.41) is 3.75. The van der Waals surface area contributed by atoms with Gasteiger partial charge < -0.3 is 15.0 Å². The summed E-state index contributed by atoms with van der Waals surface area (Å²) in [5.74, 6) is 0.0953. The zero-order valence-electron chi connectivity index (χ0n) is 16.9. The molecule has 0 saturated heterocycles. The van der Waals surface area contributed by atoms with Crippen molar-refractivity contribution in [1.29, 1.82) is 0 Å². The van der Waals surface area contributed by atoms with Crippen LogP contribution in [0.25, 0.3) is 0 Å². The molecule has 0 saturated carbocycles. The van der Waals surface area contributed by atoms with E-state index >= 15 is 0 Å². The lowest BCUT2D eigenvalue weighted by Crippen LogP contribution is -2.50. The molecule has 2 rings (SSSR count). The molecule has 156 valence electrons.